The van der Waals surface area contributed by atoms with Crippen molar-refractivity contribution in [1.82, 2.24) is 19.5 Å². The molecule has 0 spiro atoms. The number of benzene rings is 1. The van der Waals surface area contributed by atoms with Crippen LogP contribution in [0, 0.1) is 17.6 Å². The molecule has 2 aromatic heterocycles. The van der Waals surface area contributed by atoms with Gasteiger partial charge in [0, 0.05) is 18.2 Å². The van der Waals surface area contributed by atoms with Crippen LogP contribution in [0.15, 0.2) is 24.4 Å². The van der Waals surface area contributed by atoms with Crippen LogP contribution in [0.2, 0.25) is 0 Å². The Balaban J connectivity index is 1.48. The van der Waals surface area contributed by atoms with Crippen molar-refractivity contribution in [1.29, 1.82) is 0 Å². The van der Waals surface area contributed by atoms with E-state index in [1.54, 1.807) is 6.20 Å². The first-order chi connectivity index (χ1) is 17.2. The molecule has 0 radical (unpaired) electrons. The predicted molar refractivity (Wildman–Crippen MR) is 134 cm³/mol. The Morgan fingerprint density at radius 2 is 1.72 bits per heavy atom. The number of aliphatic hydroxyl groups is 2. The molecule has 2 fully saturated rings. The zero-order valence-electron chi connectivity index (χ0n) is 20.7. The van der Waals surface area contributed by atoms with Gasteiger partial charge in [0.25, 0.3) is 0 Å². The number of hydrogen-bond donors (Lipinski definition) is 4. The van der Waals surface area contributed by atoms with Crippen LogP contribution in [-0.2, 0) is 0 Å². The highest BCUT2D eigenvalue weighted by Crippen LogP contribution is 2.40. The molecule has 0 saturated heterocycles. The maximum absolute atomic E-state index is 14.5. The number of aromatic nitrogens is 4. The highest BCUT2D eigenvalue weighted by molar-refractivity contribution is 5.76. The van der Waals surface area contributed by atoms with Gasteiger partial charge in [0.15, 0.2) is 5.65 Å². The fraction of sp³-hybridized carbons (Fsp3) is 0.577. The number of aliphatic hydroxyl groups excluding tert-OH is 1. The predicted octanol–water partition coefficient (Wildman–Crippen LogP) is 5.07. The van der Waals surface area contributed by atoms with Crippen molar-refractivity contribution in [2.24, 2.45) is 5.92 Å². The Bertz CT molecular complexity index is 1210. The molecule has 36 heavy (non-hydrogen) atoms. The molecular weight excluding hydrogens is 466 g/mol. The van der Waals surface area contributed by atoms with Gasteiger partial charge < -0.3 is 20.8 Å². The van der Waals surface area contributed by atoms with E-state index in [1.807, 2.05) is 18.4 Å². The summed E-state index contributed by atoms with van der Waals surface area (Å²) in [4.78, 5) is 13.9. The molecule has 2 saturated carbocycles. The Hall–Kier alpha value is -2.85. The topological polar surface area (TPSA) is 108 Å². The molecule has 2 aliphatic carbocycles. The van der Waals surface area contributed by atoms with Crippen LogP contribution < -0.4 is 10.6 Å². The van der Waals surface area contributed by atoms with Crippen molar-refractivity contribution < 1.29 is 19.0 Å². The lowest BCUT2D eigenvalue weighted by Crippen LogP contribution is -2.34. The van der Waals surface area contributed by atoms with Crippen molar-refractivity contribution in [3.63, 3.8) is 0 Å². The van der Waals surface area contributed by atoms with Crippen LogP contribution >= 0.6 is 0 Å². The van der Waals surface area contributed by atoms with E-state index in [9.17, 15) is 19.0 Å². The summed E-state index contributed by atoms with van der Waals surface area (Å²) < 4.78 is 29.9. The highest BCUT2D eigenvalue weighted by Gasteiger charge is 2.33. The van der Waals surface area contributed by atoms with Gasteiger partial charge in [-0.3, -0.25) is 4.57 Å². The summed E-state index contributed by atoms with van der Waals surface area (Å²) >= 11 is 0. The maximum atomic E-state index is 14.5. The number of halogens is 2. The summed E-state index contributed by atoms with van der Waals surface area (Å²) in [5, 5.41) is 26.7. The lowest BCUT2D eigenvalue weighted by molar-refractivity contribution is -0.00457. The molecule has 1 aromatic carbocycles. The zero-order chi connectivity index (χ0) is 25.4. The first kappa shape index (κ1) is 24.8. The average Bonchev–Trinajstić information content (AvgIpc) is 3.19. The fourth-order valence-electron chi connectivity index (χ4n) is 5.55. The van der Waals surface area contributed by atoms with Gasteiger partial charge in [-0.05, 0) is 83.3 Å². The number of fused-ring (bicyclic) bond motifs is 1. The molecule has 3 aromatic rings. The summed E-state index contributed by atoms with van der Waals surface area (Å²) in [7, 11) is 0. The summed E-state index contributed by atoms with van der Waals surface area (Å²) in [5.74, 6) is -0.229. The third-order valence-corrected chi connectivity index (χ3v) is 7.70. The average molecular weight is 501 g/mol. The minimum atomic E-state index is -0.743. The first-order valence-electron chi connectivity index (χ1n) is 12.8. The molecule has 5 rings (SSSR count). The summed E-state index contributed by atoms with van der Waals surface area (Å²) in [6, 6.07) is 3.64. The van der Waals surface area contributed by atoms with Gasteiger partial charge in [-0.25, -0.2) is 18.7 Å². The van der Waals surface area contributed by atoms with Crippen LogP contribution in [0.25, 0.3) is 11.2 Å². The summed E-state index contributed by atoms with van der Waals surface area (Å²) in [6.45, 7) is 3.70. The van der Waals surface area contributed by atoms with Crippen LogP contribution in [0.3, 0.4) is 0 Å². The normalized spacial score (nSPS) is 25.2. The second-order valence-corrected chi connectivity index (χ2v) is 10.8. The third-order valence-electron chi connectivity index (χ3n) is 7.70. The number of nitrogens with one attached hydrogen (secondary N) is 2. The second kappa shape index (κ2) is 9.89. The van der Waals surface area contributed by atoms with Gasteiger partial charge in [-0.15, -0.1) is 0 Å². The largest absolute Gasteiger partial charge is 0.393 e. The molecule has 0 amide bonds. The molecule has 8 nitrogen and oxygen atoms in total. The molecule has 2 aliphatic rings. The molecule has 194 valence electrons. The quantitative estimate of drug-likeness (QED) is 0.374. The minimum absolute atomic E-state index is 0.0483. The second-order valence-electron chi connectivity index (χ2n) is 10.8. The standard InChI is InChI=1S/C26H34F2N6O2/c1-26(2,36)15-3-8-18(9-4-15)34-23-22(32-25(34)31-21-12-5-16(27)13-20(21)28)14-29-24(33-23)30-17-6-10-19(35)11-7-17/h5,12-15,17-19,35-36H,3-4,6-11H2,1-2H3,(H,31,32)(H,29,30,33)/t15-,17-,18+,19-. The van der Waals surface area contributed by atoms with Crippen LogP contribution in [0.4, 0.5) is 26.4 Å². The molecule has 0 aliphatic heterocycles. The molecule has 4 N–H and O–H groups in total. The van der Waals surface area contributed by atoms with Gasteiger partial charge in [-0.1, -0.05) is 0 Å². The summed E-state index contributed by atoms with van der Waals surface area (Å²) in [5.41, 5.74) is 0.604. The minimum Gasteiger partial charge on any atom is -0.393 e. The number of rotatable bonds is 6. The molecular formula is C26H34F2N6O2. The molecule has 0 bridgehead atoms. The lowest BCUT2D eigenvalue weighted by Gasteiger charge is -2.36. The highest BCUT2D eigenvalue weighted by atomic mass is 19.1. The van der Waals surface area contributed by atoms with E-state index in [4.69, 9.17) is 4.98 Å². The van der Waals surface area contributed by atoms with Crippen molar-refractivity contribution in [3.8, 4) is 0 Å². The van der Waals surface area contributed by atoms with Crippen LogP contribution in [-0.4, -0.2) is 47.5 Å². The molecule has 2 heterocycles. The number of anilines is 3. The Morgan fingerprint density at radius 3 is 2.39 bits per heavy atom. The van der Waals surface area contributed by atoms with Gasteiger partial charge >= 0.3 is 0 Å². The van der Waals surface area contributed by atoms with Gasteiger partial charge in [0.05, 0.1) is 23.6 Å². The first-order valence-corrected chi connectivity index (χ1v) is 12.8. The molecule has 0 unspecified atom stereocenters. The SMILES string of the molecule is CC(C)(O)[C@H]1CC[C@@H](n2c(Nc3ccc(F)cc3F)nc3cnc(N[C@H]4CC[C@H](O)CC4)nc32)CC1. The van der Waals surface area contributed by atoms with Crippen molar-refractivity contribution in [2.75, 3.05) is 10.6 Å². The van der Waals surface area contributed by atoms with E-state index in [1.165, 1.54) is 12.1 Å². The summed E-state index contributed by atoms with van der Waals surface area (Å²) in [6.07, 6.45) is 7.93. The maximum Gasteiger partial charge on any atom is 0.224 e. The Morgan fingerprint density at radius 1 is 1.00 bits per heavy atom. The molecule has 10 heteroatoms. The van der Waals surface area contributed by atoms with Crippen molar-refractivity contribution in [2.45, 2.75) is 89.0 Å². The number of hydrogen-bond acceptors (Lipinski definition) is 7. The number of imidazole rings is 1. The van der Waals surface area contributed by atoms with E-state index < -0.39 is 17.2 Å². The number of nitrogens with zero attached hydrogens (tertiary/aromatic N) is 4. The van der Waals surface area contributed by atoms with Gasteiger partial charge in [-0.2, -0.15) is 4.98 Å². The fourth-order valence-corrected chi connectivity index (χ4v) is 5.55. The smallest absolute Gasteiger partial charge is 0.224 e. The molecule has 0 atom stereocenters. The Kier molecular flexibility index (Phi) is 6.82. The van der Waals surface area contributed by atoms with E-state index in [0.717, 1.165) is 57.4 Å². The zero-order valence-corrected chi connectivity index (χ0v) is 20.7. The van der Waals surface area contributed by atoms with E-state index in [0.29, 0.717) is 23.1 Å². The van der Waals surface area contributed by atoms with Crippen LogP contribution in [0.5, 0.6) is 0 Å². The van der Waals surface area contributed by atoms with Gasteiger partial charge in [0.1, 0.15) is 17.2 Å². The lowest BCUT2D eigenvalue weighted by atomic mass is 9.77. The van der Waals surface area contributed by atoms with Crippen LogP contribution in [0.1, 0.15) is 71.3 Å². The van der Waals surface area contributed by atoms with E-state index in [-0.39, 0.29) is 29.8 Å². The van der Waals surface area contributed by atoms with Crippen molar-refractivity contribution in [3.05, 3.63) is 36.0 Å². The van der Waals surface area contributed by atoms with Crippen molar-refractivity contribution >= 4 is 28.7 Å². The third kappa shape index (κ3) is 5.29. The Labute approximate surface area is 209 Å². The van der Waals surface area contributed by atoms with Gasteiger partial charge in [0.2, 0.25) is 11.9 Å². The van der Waals surface area contributed by atoms with E-state index >= 15 is 0 Å². The monoisotopic (exact) mass is 500 g/mol. The van der Waals surface area contributed by atoms with E-state index in [2.05, 4.69) is 20.6 Å².